The van der Waals surface area contributed by atoms with Gasteiger partial charge < -0.3 is 15.4 Å². The zero-order chi connectivity index (χ0) is 13.4. The van der Waals surface area contributed by atoms with Crippen LogP contribution < -0.4 is 15.4 Å². The first-order valence-electron chi connectivity index (χ1n) is 5.64. The van der Waals surface area contributed by atoms with E-state index in [2.05, 4.69) is 25.6 Å². The van der Waals surface area contributed by atoms with Crippen LogP contribution in [0.3, 0.4) is 0 Å². The van der Waals surface area contributed by atoms with E-state index in [4.69, 9.17) is 16.3 Å². The van der Waals surface area contributed by atoms with Crippen LogP contribution in [0.4, 0.5) is 5.95 Å². The highest BCUT2D eigenvalue weighted by Gasteiger charge is 2.06. The third-order valence-corrected chi connectivity index (χ3v) is 2.11. The first kappa shape index (κ1) is 14.4. The van der Waals surface area contributed by atoms with E-state index in [1.807, 2.05) is 6.92 Å². The molecule has 1 aromatic rings. The summed E-state index contributed by atoms with van der Waals surface area (Å²) < 4.78 is 5.26. The number of nitrogens with one attached hydrogen (secondary N) is 2. The van der Waals surface area contributed by atoms with Gasteiger partial charge in [-0.05, 0) is 18.0 Å². The quantitative estimate of drug-likeness (QED) is 0.766. The molecule has 0 aliphatic heterocycles. The fraction of sp³-hybridized carbons (Fsp3) is 0.600. The van der Waals surface area contributed by atoms with Gasteiger partial charge in [0.25, 0.3) is 0 Å². The maximum Gasteiger partial charge on any atom is 0.322 e. The molecule has 1 heterocycles. The zero-order valence-electron chi connectivity index (χ0n) is 10.4. The number of nitrogens with zero attached hydrogens (tertiary/aromatic N) is 3. The summed E-state index contributed by atoms with van der Waals surface area (Å²) in [5.41, 5.74) is 0. The Balaban J connectivity index is 2.54. The zero-order valence-corrected chi connectivity index (χ0v) is 11.1. The summed E-state index contributed by atoms with van der Waals surface area (Å²) in [6, 6.07) is 0.180. The molecule has 7 nitrogen and oxygen atoms in total. The molecule has 0 bridgehead atoms. The SMILES string of the molecule is CCCOc1nc(Cl)nc(NCCC(=O)NC)n1. The van der Waals surface area contributed by atoms with Crippen molar-refractivity contribution in [3.63, 3.8) is 0 Å². The second kappa shape index (κ2) is 7.65. The van der Waals surface area contributed by atoms with Crippen molar-refractivity contribution < 1.29 is 9.53 Å². The fourth-order valence-electron chi connectivity index (χ4n) is 1.08. The molecule has 1 rings (SSSR count). The highest BCUT2D eigenvalue weighted by atomic mass is 35.5. The summed E-state index contributed by atoms with van der Waals surface area (Å²) >= 11 is 5.74. The first-order valence-corrected chi connectivity index (χ1v) is 6.02. The normalized spacial score (nSPS) is 9.94. The second-order valence-corrected chi connectivity index (χ2v) is 3.75. The molecule has 1 amide bonds. The molecule has 0 saturated heterocycles. The molecule has 0 spiro atoms. The Hall–Kier alpha value is -1.63. The molecule has 0 fully saturated rings. The van der Waals surface area contributed by atoms with Crippen LogP contribution in [0, 0.1) is 0 Å². The first-order chi connectivity index (χ1) is 8.65. The maximum absolute atomic E-state index is 11.0. The molecule has 1 aromatic heterocycles. The van der Waals surface area contributed by atoms with Crippen molar-refractivity contribution >= 4 is 23.5 Å². The number of carbonyl (C=O) groups is 1. The average Bonchev–Trinajstić information content (AvgIpc) is 2.35. The van der Waals surface area contributed by atoms with Gasteiger partial charge in [0.1, 0.15) is 0 Å². The molecule has 0 unspecified atom stereocenters. The maximum atomic E-state index is 11.0. The Morgan fingerprint density at radius 2 is 2.17 bits per heavy atom. The van der Waals surface area contributed by atoms with Crippen molar-refractivity contribution in [3.8, 4) is 6.01 Å². The van der Waals surface area contributed by atoms with Crippen LogP contribution in [-0.4, -0.2) is 41.1 Å². The van der Waals surface area contributed by atoms with E-state index in [1.165, 1.54) is 0 Å². The Morgan fingerprint density at radius 3 is 2.83 bits per heavy atom. The van der Waals surface area contributed by atoms with Gasteiger partial charge in [-0.1, -0.05) is 6.92 Å². The van der Waals surface area contributed by atoms with Gasteiger partial charge >= 0.3 is 6.01 Å². The summed E-state index contributed by atoms with van der Waals surface area (Å²) in [5, 5.41) is 5.45. The van der Waals surface area contributed by atoms with E-state index >= 15 is 0 Å². The highest BCUT2D eigenvalue weighted by Crippen LogP contribution is 2.11. The molecule has 0 aliphatic carbocycles. The van der Waals surface area contributed by atoms with E-state index in [0.717, 1.165) is 6.42 Å². The predicted octanol–water partition coefficient (Wildman–Crippen LogP) is 0.862. The minimum Gasteiger partial charge on any atom is -0.463 e. The second-order valence-electron chi connectivity index (χ2n) is 3.41. The lowest BCUT2D eigenvalue weighted by atomic mass is 10.4. The topological polar surface area (TPSA) is 89.0 Å². The number of hydrogen-bond acceptors (Lipinski definition) is 6. The monoisotopic (exact) mass is 273 g/mol. The molecule has 0 radical (unpaired) electrons. The number of halogens is 1. The van der Waals surface area contributed by atoms with Gasteiger partial charge in [0, 0.05) is 20.0 Å². The summed E-state index contributed by atoms with van der Waals surface area (Å²) in [6.07, 6.45) is 1.17. The molecule has 0 aromatic carbocycles. The number of ether oxygens (including phenoxy) is 1. The molecule has 18 heavy (non-hydrogen) atoms. The standard InChI is InChI=1S/C10H16ClN5O2/c1-3-6-18-10-15-8(11)14-9(16-10)13-5-4-7(17)12-2/h3-6H2,1-2H3,(H,12,17)(H,13,14,15,16). The molecule has 8 heteroatoms. The van der Waals surface area contributed by atoms with Crippen molar-refractivity contribution in [3.05, 3.63) is 5.28 Å². The van der Waals surface area contributed by atoms with Gasteiger partial charge in [-0.2, -0.15) is 15.0 Å². The molecule has 0 aliphatic rings. The number of amides is 1. The lowest BCUT2D eigenvalue weighted by molar-refractivity contribution is -0.120. The lowest BCUT2D eigenvalue weighted by Crippen LogP contribution is -2.21. The Morgan fingerprint density at radius 1 is 1.39 bits per heavy atom. The van der Waals surface area contributed by atoms with Crippen molar-refractivity contribution in [1.29, 1.82) is 0 Å². The highest BCUT2D eigenvalue weighted by molar-refractivity contribution is 6.28. The van der Waals surface area contributed by atoms with Crippen molar-refractivity contribution in [2.24, 2.45) is 0 Å². The molecule has 0 atom stereocenters. The van der Waals surface area contributed by atoms with Gasteiger partial charge in [-0.25, -0.2) is 0 Å². The van der Waals surface area contributed by atoms with E-state index < -0.39 is 0 Å². The smallest absolute Gasteiger partial charge is 0.322 e. The third-order valence-electron chi connectivity index (χ3n) is 1.94. The van der Waals surface area contributed by atoms with Crippen molar-refractivity contribution in [1.82, 2.24) is 20.3 Å². The van der Waals surface area contributed by atoms with Gasteiger partial charge in [0.2, 0.25) is 17.1 Å². The molecular weight excluding hydrogens is 258 g/mol. The van der Waals surface area contributed by atoms with Crippen LogP contribution in [0.1, 0.15) is 19.8 Å². The van der Waals surface area contributed by atoms with E-state index in [0.29, 0.717) is 25.5 Å². The number of anilines is 1. The predicted molar refractivity (Wildman–Crippen MR) is 67.8 cm³/mol. The summed E-state index contributed by atoms with van der Waals surface area (Å²) in [7, 11) is 1.58. The van der Waals surface area contributed by atoms with Crippen molar-refractivity contribution in [2.75, 3.05) is 25.5 Å². The van der Waals surface area contributed by atoms with Gasteiger partial charge in [0.05, 0.1) is 6.61 Å². The Bertz CT molecular complexity index is 402. The van der Waals surface area contributed by atoms with Gasteiger partial charge in [-0.3, -0.25) is 4.79 Å². The molecular formula is C10H16ClN5O2. The fourth-order valence-corrected chi connectivity index (χ4v) is 1.23. The summed E-state index contributed by atoms with van der Waals surface area (Å²) in [6.45, 7) is 2.90. The molecule has 100 valence electrons. The van der Waals surface area contributed by atoms with Crippen LogP contribution in [0.25, 0.3) is 0 Å². The van der Waals surface area contributed by atoms with E-state index in [1.54, 1.807) is 7.05 Å². The number of rotatable bonds is 7. The molecule has 0 saturated carbocycles. The van der Waals surface area contributed by atoms with Crippen molar-refractivity contribution in [2.45, 2.75) is 19.8 Å². The van der Waals surface area contributed by atoms with Crippen LogP contribution in [0.5, 0.6) is 6.01 Å². The summed E-state index contributed by atoms with van der Waals surface area (Å²) in [4.78, 5) is 22.8. The van der Waals surface area contributed by atoms with Crippen LogP contribution in [-0.2, 0) is 4.79 Å². The third kappa shape index (κ3) is 5.13. The summed E-state index contributed by atoms with van der Waals surface area (Å²) in [5.74, 6) is 0.232. The largest absolute Gasteiger partial charge is 0.463 e. The molecule has 2 N–H and O–H groups in total. The van der Waals surface area contributed by atoms with E-state index in [-0.39, 0.29) is 17.2 Å². The number of carbonyl (C=O) groups excluding carboxylic acids is 1. The lowest BCUT2D eigenvalue weighted by Gasteiger charge is -2.06. The Kier molecular flexibility index (Phi) is 6.13. The van der Waals surface area contributed by atoms with Crippen LogP contribution in [0.15, 0.2) is 0 Å². The minimum absolute atomic E-state index is 0.0542. The van der Waals surface area contributed by atoms with Crippen LogP contribution in [0.2, 0.25) is 5.28 Å². The Labute approximate surface area is 110 Å². The van der Waals surface area contributed by atoms with Gasteiger partial charge in [0.15, 0.2) is 0 Å². The van der Waals surface area contributed by atoms with Crippen LogP contribution >= 0.6 is 11.6 Å². The number of aromatic nitrogens is 3. The number of hydrogen-bond donors (Lipinski definition) is 2. The average molecular weight is 274 g/mol. The van der Waals surface area contributed by atoms with E-state index in [9.17, 15) is 4.79 Å². The minimum atomic E-state index is -0.0647. The van der Waals surface area contributed by atoms with Gasteiger partial charge in [-0.15, -0.1) is 0 Å².